The number of amidine groups is 1. The van der Waals surface area contributed by atoms with Crippen LogP contribution in [0.2, 0.25) is 5.02 Å². The van der Waals surface area contributed by atoms with Crippen molar-refractivity contribution in [2.24, 2.45) is 4.99 Å². The molecule has 1 aliphatic rings. The molecule has 2 aromatic rings. The maximum atomic E-state index is 12.7. The van der Waals surface area contributed by atoms with E-state index in [1.54, 1.807) is 4.90 Å². The van der Waals surface area contributed by atoms with Crippen LogP contribution >= 0.6 is 11.6 Å². The Morgan fingerprint density at radius 2 is 2.00 bits per heavy atom. The van der Waals surface area contributed by atoms with Crippen molar-refractivity contribution in [2.75, 3.05) is 13.1 Å². The SMILES string of the molecule is O=C(c1ccc([N+](=O)[O-])cc1Cl)N1CCN=C1Cc1ccccc1. The Hall–Kier alpha value is -2.73. The molecule has 24 heavy (non-hydrogen) atoms. The number of halogens is 1. The molecule has 122 valence electrons. The molecule has 0 saturated carbocycles. The molecule has 0 spiro atoms. The van der Waals surface area contributed by atoms with Crippen LogP contribution in [0.25, 0.3) is 0 Å². The fraction of sp³-hybridized carbons (Fsp3) is 0.176. The number of benzene rings is 2. The van der Waals surface area contributed by atoms with E-state index in [4.69, 9.17) is 11.6 Å². The summed E-state index contributed by atoms with van der Waals surface area (Å²) >= 11 is 6.06. The van der Waals surface area contributed by atoms with Crippen molar-refractivity contribution in [3.63, 3.8) is 0 Å². The molecular weight excluding hydrogens is 330 g/mol. The maximum absolute atomic E-state index is 12.7. The number of nitro groups is 1. The van der Waals surface area contributed by atoms with E-state index in [1.165, 1.54) is 18.2 Å². The van der Waals surface area contributed by atoms with Gasteiger partial charge in [-0.1, -0.05) is 41.9 Å². The highest BCUT2D eigenvalue weighted by Gasteiger charge is 2.27. The van der Waals surface area contributed by atoms with E-state index in [9.17, 15) is 14.9 Å². The molecule has 0 aromatic heterocycles. The summed E-state index contributed by atoms with van der Waals surface area (Å²) in [7, 11) is 0. The summed E-state index contributed by atoms with van der Waals surface area (Å²) in [5.74, 6) is 0.391. The fourth-order valence-corrected chi connectivity index (χ4v) is 2.83. The van der Waals surface area contributed by atoms with Crippen LogP contribution in [0.5, 0.6) is 0 Å². The number of non-ortho nitro benzene ring substituents is 1. The van der Waals surface area contributed by atoms with Crippen LogP contribution in [-0.4, -0.2) is 34.7 Å². The predicted molar refractivity (Wildman–Crippen MR) is 91.6 cm³/mol. The Bertz CT molecular complexity index is 821. The van der Waals surface area contributed by atoms with Crippen LogP contribution in [0.1, 0.15) is 15.9 Å². The van der Waals surface area contributed by atoms with Crippen LogP contribution in [0.15, 0.2) is 53.5 Å². The molecular formula is C17H14ClN3O3. The van der Waals surface area contributed by atoms with E-state index in [2.05, 4.69) is 4.99 Å². The minimum atomic E-state index is -0.543. The number of carbonyl (C=O) groups is 1. The smallest absolute Gasteiger partial charge is 0.270 e. The highest BCUT2D eigenvalue weighted by atomic mass is 35.5. The van der Waals surface area contributed by atoms with Gasteiger partial charge >= 0.3 is 0 Å². The fourth-order valence-electron chi connectivity index (χ4n) is 2.58. The van der Waals surface area contributed by atoms with E-state index in [1.807, 2.05) is 30.3 Å². The molecule has 6 nitrogen and oxygen atoms in total. The first-order chi connectivity index (χ1) is 11.6. The number of hydrogen-bond donors (Lipinski definition) is 0. The highest BCUT2D eigenvalue weighted by Crippen LogP contribution is 2.24. The average molecular weight is 344 g/mol. The molecule has 0 bridgehead atoms. The van der Waals surface area contributed by atoms with Crippen molar-refractivity contribution >= 4 is 29.0 Å². The lowest BCUT2D eigenvalue weighted by Crippen LogP contribution is -2.35. The number of aliphatic imine (C=N–C) groups is 1. The molecule has 0 atom stereocenters. The zero-order chi connectivity index (χ0) is 17.1. The molecule has 1 heterocycles. The van der Waals surface area contributed by atoms with Crippen molar-refractivity contribution in [1.29, 1.82) is 0 Å². The standard InChI is InChI=1S/C17H14ClN3O3/c18-15-11-13(21(23)24)6-7-14(15)17(22)20-9-8-19-16(20)10-12-4-2-1-3-5-12/h1-7,11H,8-10H2. The first kappa shape index (κ1) is 16.1. The second-order valence-corrected chi connectivity index (χ2v) is 5.75. The van der Waals surface area contributed by atoms with Crippen molar-refractivity contribution < 1.29 is 9.72 Å². The molecule has 0 unspecified atom stereocenters. The molecule has 0 radical (unpaired) electrons. The van der Waals surface area contributed by atoms with Gasteiger partial charge in [-0.15, -0.1) is 0 Å². The third-order valence-corrected chi connectivity index (χ3v) is 4.09. The lowest BCUT2D eigenvalue weighted by Gasteiger charge is -2.19. The van der Waals surface area contributed by atoms with Crippen molar-refractivity contribution in [2.45, 2.75) is 6.42 Å². The lowest BCUT2D eigenvalue weighted by molar-refractivity contribution is -0.384. The quantitative estimate of drug-likeness (QED) is 0.631. The summed E-state index contributed by atoms with van der Waals surface area (Å²) in [5, 5.41) is 10.8. The molecule has 2 aromatic carbocycles. The van der Waals surface area contributed by atoms with E-state index < -0.39 is 4.92 Å². The highest BCUT2D eigenvalue weighted by molar-refractivity contribution is 6.34. The third kappa shape index (κ3) is 3.28. The van der Waals surface area contributed by atoms with Gasteiger partial charge in [0.2, 0.25) is 0 Å². The predicted octanol–water partition coefficient (Wildman–Crippen LogP) is 3.35. The number of amides is 1. The number of nitrogens with zero attached hydrogens (tertiary/aromatic N) is 3. The van der Waals surface area contributed by atoms with E-state index >= 15 is 0 Å². The van der Waals surface area contributed by atoms with Gasteiger partial charge in [-0.3, -0.25) is 24.8 Å². The monoisotopic (exact) mass is 343 g/mol. The number of nitro benzene ring substituents is 1. The number of carbonyl (C=O) groups excluding carboxylic acids is 1. The minimum Gasteiger partial charge on any atom is -0.294 e. The van der Waals surface area contributed by atoms with Crippen molar-refractivity contribution in [3.05, 3.63) is 74.8 Å². The van der Waals surface area contributed by atoms with Gasteiger partial charge in [0.25, 0.3) is 11.6 Å². The van der Waals surface area contributed by atoms with Crippen LogP contribution in [0, 0.1) is 10.1 Å². The van der Waals surface area contributed by atoms with Gasteiger partial charge in [0.15, 0.2) is 0 Å². The van der Waals surface area contributed by atoms with Crippen LogP contribution in [0.3, 0.4) is 0 Å². The van der Waals surface area contributed by atoms with Gasteiger partial charge in [-0.2, -0.15) is 0 Å². The molecule has 1 aliphatic heterocycles. The molecule has 0 aliphatic carbocycles. The maximum Gasteiger partial charge on any atom is 0.270 e. The normalized spacial score (nSPS) is 13.7. The van der Waals surface area contributed by atoms with E-state index in [-0.39, 0.29) is 22.2 Å². The summed E-state index contributed by atoms with van der Waals surface area (Å²) in [6.45, 7) is 1.02. The first-order valence-corrected chi connectivity index (χ1v) is 7.77. The molecule has 3 rings (SSSR count). The minimum absolute atomic E-state index is 0.0696. The number of hydrogen-bond acceptors (Lipinski definition) is 4. The average Bonchev–Trinajstić information content (AvgIpc) is 3.03. The van der Waals surface area contributed by atoms with Crippen LogP contribution in [-0.2, 0) is 6.42 Å². The summed E-state index contributed by atoms with van der Waals surface area (Å²) in [6.07, 6.45) is 0.553. The van der Waals surface area contributed by atoms with Gasteiger partial charge in [0.05, 0.1) is 22.1 Å². The Labute approximate surface area is 143 Å². The van der Waals surface area contributed by atoms with Crippen molar-refractivity contribution in [1.82, 2.24) is 4.90 Å². The Balaban J connectivity index is 1.82. The van der Waals surface area contributed by atoms with Gasteiger partial charge in [-0.25, -0.2) is 0 Å². The van der Waals surface area contributed by atoms with E-state index in [0.29, 0.717) is 25.3 Å². The number of rotatable bonds is 4. The summed E-state index contributed by atoms with van der Waals surface area (Å²) < 4.78 is 0. The topological polar surface area (TPSA) is 75.8 Å². The third-order valence-electron chi connectivity index (χ3n) is 3.77. The molecule has 0 N–H and O–H groups in total. The lowest BCUT2D eigenvalue weighted by atomic mass is 10.1. The van der Waals surface area contributed by atoms with Gasteiger partial charge < -0.3 is 0 Å². The molecule has 1 amide bonds. The Morgan fingerprint density at radius 1 is 1.25 bits per heavy atom. The zero-order valence-corrected chi connectivity index (χ0v) is 13.4. The molecule has 0 fully saturated rings. The van der Waals surface area contributed by atoms with Crippen molar-refractivity contribution in [3.8, 4) is 0 Å². The zero-order valence-electron chi connectivity index (χ0n) is 12.7. The summed E-state index contributed by atoms with van der Waals surface area (Å²) in [4.78, 5) is 29.0. The van der Waals surface area contributed by atoms with Gasteiger partial charge in [0.1, 0.15) is 5.84 Å². The summed E-state index contributed by atoms with van der Waals surface area (Å²) in [5.41, 5.74) is 1.16. The van der Waals surface area contributed by atoms with Crippen LogP contribution in [0.4, 0.5) is 5.69 Å². The second kappa shape index (κ2) is 6.80. The molecule has 0 saturated heterocycles. The second-order valence-electron chi connectivity index (χ2n) is 5.34. The largest absolute Gasteiger partial charge is 0.294 e. The first-order valence-electron chi connectivity index (χ1n) is 7.39. The Kier molecular flexibility index (Phi) is 4.57. The van der Waals surface area contributed by atoms with Crippen LogP contribution < -0.4 is 0 Å². The van der Waals surface area contributed by atoms with Gasteiger partial charge in [0, 0.05) is 25.1 Å². The Morgan fingerprint density at radius 3 is 2.67 bits per heavy atom. The summed E-state index contributed by atoms with van der Waals surface area (Å²) in [6, 6.07) is 13.6. The van der Waals surface area contributed by atoms with E-state index in [0.717, 1.165) is 5.56 Å². The van der Waals surface area contributed by atoms with Gasteiger partial charge in [-0.05, 0) is 11.6 Å². The molecule has 7 heteroatoms.